The van der Waals surface area contributed by atoms with Crippen molar-refractivity contribution in [1.82, 2.24) is 10.3 Å². The molecular formula is C26H35Cl2N5O. The summed E-state index contributed by atoms with van der Waals surface area (Å²) in [5, 5.41) is 5.97. The molecule has 1 heterocycles. The molecule has 1 aromatic heterocycles. The highest BCUT2D eigenvalue weighted by molar-refractivity contribution is 5.96. The molecule has 2 aromatic carbocycles. The Morgan fingerprint density at radius 1 is 0.941 bits per heavy atom. The highest BCUT2D eigenvalue weighted by Gasteiger charge is 2.20. The molecule has 6 N–H and O–H groups in total. The third-order valence-corrected chi connectivity index (χ3v) is 5.38. The Morgan fingerprint density at radius 2 is 1.59 bits per heavy atom. The standard InChI is InChI=1S/C26H33N5O.2ClH/c1-17(2)13-23-22(15-28)24(21-11-9-19(14-27)10-12-21)25(18(3)30-23)31-26(32)29-16-20-7-5-4-6-8-20;;/h4-12,17H,13-16,27-28H2,1-3H3,(H2,29,31,32);2*1H. The second-order valence-corrected chi connectivity index (χ2v) is 8.37. The van der Waals surface area contributed by atoms with Crippen LogP contribution in [0.25, 0.3) is 11.1 Å². The molecule has 0 bridgehead atoms. The topological polar surface area (TPSA) is 106 Å². The molecule has 184 valence electrons. The molecular weight excluding hydrogens is 469 g/mol. The predicted molar refractivity (Wildman–Crippen MR) is 146 cm³/mol. The van der Waals surface area contributed by atoms with Crippen LogP contribution in [0.5, 0.6) is 0 Å². The Hall–Kier alpha value is -2.64. The highest BCUT2D eigenvalue weighted by atomic mass is 35.5. The monoisotopic (exact) mass is 503 g/mol. The summed E-state index contributed by atoms with van der Waals surface area (Å²) in [4.78, 5) is 17.6. The van der Waals surface area contributed by atoms with Crippen molar-refractivity contribution in [2.75, 3.05) is 5.32 Å². The zero-order valence-corrected chi connectivity index (χ0v) is 21.6. The summed E-state index contributed by atoms with van der Waals surface area (Å²) in [7, 11) is 0. The maximum absolute atomic E-state index is 12.8. The molecule has 0 aliphatic rings. The Balaban J connectivity index is 0.00000289. The molecule has 8 heteroatoms. The van der Waals surface area contributed by atoms with Crippen LogP contribution in [0.1, 0.15) is 41.9 Å². The van der Waals surface area contributed by atoms with Gasteiger partial charge in [-0.05, 0) is 41.5 Å². The number of rotatable bonds is 8. The van der Waals surface area contributed by atoms with Crippen molar-refractivity contribution >= 4 is 36.5 Å². The van der Waals surface area contributed by atoms with Crippen molar-refractivity contribution < 1.29 is 4.79 Å². The second kappa shape index (κ2) is 13.9. The van der Waals surface area contributed by atoms with Crippen LogP contribution in [-0.4, -0.2) is 11.0 Å². The number of benzene rings is 2. The fourth-order valence-corrected chi connectivity index (χ4v) is 3.79. The van der Waals surface area contributed by atoms with Gasteiger partial charge in [-0.25, -0.2) is 4.79 Å². The molecule has 34 heavy (non-hydrogen) atoms. The van der Waals surface area contributed by atoms with E-state index in [1.165, 1.54) is 0 Å². The van der Waals surface area contributed by atoms with E-state index in [1.54, 1.807) is 0 Å². The highest BCUT2D eigenvalue weighted by Crippen LogP contribution is 2.36. The number of halogens is 2. The number of urea groups is 1. The number of amides is 2. The molecule has 6 nitrogen and oxygen atoms in total. The number of carbonyl (C=O) groups is 1. The number of nitrogens with two attached hydrogens (primary N) is 2. The van der Waals surface area contributed by atoms with E-state index in [1.807, 2.05) is 61.5 Å². The average Bonchev–Trinajstić information content (AvgIpc) is 2.79. The summed E-state index contributed by atoms with van der Waals surface area (Å²) in [6, 6.07) is 17.6. The van der Waals surface area contributed by atoms with Crippen LogP contribution in [0.3, 0.4) is 0 Å². The van der Waals surface area contributed by atoms with E-state index in [-0.39, 0.29) is 30.8 Å². The van der Waals surface area contributed by atoms with Gasteiger partial charge in [0, 0.05) is 30.9 Å². The molecule has 0 aliphatic carbocycles. The van der Waals surface area contributed by atoms with Crippen LogP contribution in [0.2, 0.25) is 0 Å². The molecule has 2 amide bonds. The Kier molecular flexibility index (Phi) is 12.0. The minimum Gasteiger partial charge on any atom is -0.334 e. The molecule has 3 aromatic rings. The lowest BCUT2D eigenvalue weighted by atomic mass is 9.92. The van der Waals surface area contributed by atoms with Gasteiger partial charge in [0.25, 0.3) is 0 Å². The largest absolute Gasteiger partial charge is 0.334 e. The lowest BCUT2D eigenvalue weighted by Crippen LogP contribution is -2.29. The summed E-state index contributed by atoms with van der Waals surface area (Å²) in [5.41, 5.74) is 19.4. The van der Waals surface area contributed by atoms with Crippen LogP contribution in [0.4, 0.5) is 10.5 Å². The molecule has 3 rings (SSSR count). The SMILES string of the molecule is Cc1nc(CC(C)C)c(CN)c(-c2ccc(CN)cc2)c1NC(=O)NCc1ccccc1.Cl.Cl. The fourth-order valence-electron chi connectivity index (χ4n) is 3.79. The van der Waals surface area contributed by atoms with Gasteiger partial charge in [0.1, 0.15) is 0 Å². The first-order valence-electron chi connectivity index (χ1n) is 11.0. The number of nitrogens with zero attached hydrogens (tertiary/aromatic N) is 1. The summed E-state index contributed by atoms with van der Waals surface area (Å²) in [5.74, 6) is 0.438. The lowest BCUT2D eigenvalue weighted by Gasteiger charge is -2.21. The fraction of sp³-hybridized carbons (Fsp3) is 0.308. The average molecular weight is 505 g/mol. The maximum Gasteiger partial charge on any atom is 0.319 e. The first-order valence-corrected chi connectivity index (χ1v) is 11.0. The zero-order chi connectivity index (χ0) is 23.1. The van der Waals surface area contributed by atoms with E-state index in [9.17, 15) is 4.79 Å². The van der Waals surface area contributed by atoms with Crippen LogP contribution in [0, 0.1) is 12.8 Å². The quantitative estimate of drug-likeness (QED) is 0.332. The van der Waals surface area contributed by atoms with Crippen molar-refractivity contribution in [2.24, 2.45) is 17.4 Å². The van der Waals surface area contributed by atoms with Crippen molar-refractivity contribution in [3.63, 3.8) is 0 Å². The van der Waals surface area contributed by atoms with Gasteiger partial charge in [-0.2, -0.15) is 0 Å². The summed E-state index contributed by atoms with van der Waals surface area (Å²) >= 11 is 0. The van der Waals surface area contributed by atoms with Gasteiger partial charge >= 0.3 is 6.03 Å². The van der Waals surface area contributed by atoms with Crippen LogP contribution >= 0.6 is 24.8 Å². The van der Waals surface area contributed by atoms with E-state index in [0.29, 0.717) is 31.2 Å². The van der Waals surface area contributed by atoms with E-state index in [2.05, 4.69) is 24.5 Å². The first kappa shape index (κ1) is 29.4. The predicted octanol–water partition coefficient (Wildman–Crippen LogP) is 5.34. The molecule has 0 saturated heterocycles. The third kappa shape index (κ3) is 7.43. The zero-order valence-electron chi connectivity index (χ0n) is 19.9. The van der Waals surface area contributed by atoms with Crippen molar-refractivity contribution in [3.05, 3.63) is 82.7 Å². The first-order chi connectivity index (χ1) is 15.4. The summed E-state index contributed by atoms with van der Waals surface area (Å²) in [6.07, 6.45) is 0.821. The lowest BCUT2D eigenvalue weighted by molar-refractivity contribution is 0.251. The van der Waals surface area contributed by atoms with Gasteiger partial charge in [-0.3, -0.25) is 4.98 Å². The van der Waals surface area contributed by atoms with Crippen LogP contribution in [0.15, 0.2) is 54.6 Å². The van der Waals surface area contributed by atoms with Gasteiger partial charge < -0.3 is 22.1 Å². The Labute approximate surface area is 214 Å². The van der Waals surface area contributed by atoms with E-state index >= 15 is 0 Å². The van der Waals surface area contributed by atoms with Gasteiger partial charge in [0.15, 0.2) is 0 Å². The van der Waals surface area contributed by atoms with Crippen molar-refractivity contribution in [1.29, 1.82) is 0 Å². The number of anilines is 1. The van der Waals surface area contributed by atoms with E-state index in [0.717, 1.165) is 45.6 Å². The van der Waals surface area contributed by atoms with Crippen molar-refractivity contribution in [2.45, 2.75) is 46.8 Å². The van der Waals surface area contributed by atoms with Gasteiger partial charge in [0.05, 0.1) is 11.4 Å². The second-order valence-electron chi connectivity index (χ2n) is 8.37. The van der Waals surface area contributed by atoms with Crippen LogP contribution < -0.4 is 22.1 Å². The smallest absolute Gasteiger partial charge is 0.319 e. The van der Waals surface area contributed by atoms with Gasteiger partial charge in [-0.15, -0.1) is 24.8 Å². The number of hydrogen-bond donors (Lipinski definition) is 4. The van der Waals surface area contributed by atoms with E-state index in [4.69, 9.17) is 16.5 Å². The number of hydrogen-bond acceptors (Lipinski definition) is 4. The molecule has 0 radical (unpaired) electrons. The number of carbonyl (C=O) groups excluding carboxylic acids is 1. The minimum absolute atomic E-state index is 0. The number of aryl methyl sites for hydroxylation is 1. The third-order valence-electron chi connectivity index (χ3n) is 5.38. The number of aromatic nitrogens is 1. The maximum atomic E-state index is 12.8. The Bertz CT molecular complexity index is 1060. The van der Waals surface area contributed by atoms with Crippen molar-refractivity contribution in [3.8, 4) is 11.1 Å². The number of nitrogens with one attached hydrogen (secondary N) is 2. The molecule has 0 atom stereocenters. The number of pyridine rings is 1. The Morgan fingerprint density at radius 3 is 2.15 bits per heavy atom. The van der Waals surface area contributed by atoms with Gasteiger partial charge in [0.2, 0.25) is 0 Å². The van der Waals surface area contributed by atoms with Crippen LogP contribution in [-0.2, 0) is 26.1 Å². The molecule has 0 fully saturated rings. The molecule has 0 aliphatic heterocycles. The molecule has 0 unspecified atom stereocenters. The van der Waals surface area contributed by atoms with Gasteiger partial charge in [-0.1, -0.05) is 68.4 Å². The summed E-state index contributed by atoms with van der Waals surface area (Å²) < 4.78 is 0. The molecule has 0 saturated carbocycles. The summed E-state index contributed by atoms with van der Waals surface area (Å²) in [6.45, 7) is 7.50. The normalized spacial score (nSPS) is 10.3. The molecule has 0 spiro atoms. The minimum atomic E-state index is -0.279. The van der Waals surface area contributed by atoms with E-state index < -0.39 is 0 Å².